The zero-order valence-corrected chi connectivity index (χ0v) is 17.6. The van der Waals surface area contributed by atoms with Crippen LogP contribution < -0.4 is 0 Å². The summed E-state index contributed by atoms with van der Waals surface area (Å²) >= 11 is 0. The SMILES string of the molecule is C[C@]12Cc3cnn(-c4ccc(F)cc4)c3C=C1CCC[C@@H]2[C@@H](O)Cc1ccccc1F. The molecule has 31 heavy (non-hydrogen) atoms. The lowest BCUT2D eigenvalue weighted by Gasteiger charge is -2.47. The van der Waals surface area contributed by atoms with Gasteiger partial charge in [-0.15, -0.1) is 0 Å². The number of aliphatic hydroxyl groups is 1. The molecule has 3 nitrogen and oxygen atoms in total. The Morgan fingerprint density at radius 1 is 1.16 bits per heavy atom. The molecule has 1 heterocycles. The maximum atomic E-state index is 14.2. The van der Waals surface area contributed by atoms with Crippen LogP contribution in [0.15, 0.2) is 60.3 Å². The van der Waals surface area contributed by atoms with E-state index in [9.17, 15) is 13.9 Å². The minimum absolute atomic E-state index is 0.0504. The van der Waals surface area contributed by atoms with Gasteiger partial charge in [-0.05, 0) is 84.6 Å². The van der Waals surface area contributed by atoms with Gasteiger partial charge in [-0.1, -0.05) is 30.7 Å². The summed E-state index contributed by atoms with van der Waals surface area (Å²) in [5.74, 6) is -0.478. The third kappa shape index (κ3) is 3.51. The highest BCUT2D eigenvalue weighted by atomic mass is 19.1. The number of hydrogen-bond donors (Lipinski definition) is 1. The molecule has 3 aromatic rings. The van der Waals surface area contributed by atoms with Crippen molar-refractivity contribution >= 4 is 6.08 Å². The molecule has 2 aromatic carbocycles. The zero-order chi connectivity index (χ0) is 21.6. The van der Waals surface area contributed by atoms with E-state index in [1.165, 1.54) is 23.8 Å². The first kappa shape index (κ1) is 20.1. The molecule has 0 aliphatic heterocycles. The van der Waals surface area contributed by atoms with Crippen molar-refractivity contribution in [2.75, 3.05) is 0 Å². The molecule has 0 spiro atoms. The third-order valence-electron chi connectivity index (χ3n) is 7.19. The highest BCUT2D eigenvalue weighted by Gasteiger charge is 2.46. The molecule has 2 aliphatic carbocycles. The van der Waals surface area contributed by atoms with E-state index in [-0.39, 0.29) is 23.0 Å². The van der Waals surface area contributed by atoms with E-state index in [4.69, 9.17) is 0 Å². The van der Waals surface area contributed by atoms with Crippen LogP contribution >= 0.6 is 0 Å². The van der Waals surface area contributed by atoms with Gasteiger partial charge in [-0.2, -0.15) is 5.10 Å². The molecule has 5 rings (SSSR count). The second kappa shape index (κ2) is 7.72. The van der Waals surface area contributed by atoms with Crippen LogP contribution in [0, 0.1) is 23.0 Å². The molecule has 1 saturated carbocycles. The van der Waals surface area contributed by atoms with E-state index < -0.39 is 6.10 Å². The highest BCUT2D eigenvalue weighted by Crippen LogP contribution is 2.52. The Labute approximate surface area is 181 Å². The monoisotopic (exact) mass is 420 g/mol. The molecular weight excluding hydrogens is 394 g/mol. The summed E-state index contributed by atoms with van der Waals surface area (Å²) in [6.45, 7) is 2.23. The highest BCUT2D eigenvalue weighted by molar-refractivity contribution is 5.61. The van der Waals surface area contributed by atoms with E-state index in [1.807, 2.05) is 16.9 Å². The number of halogens is 2. The Morgan fingerprint density at radius 3 is 2.71 bits per heavy atom. The van der Waals surface area contributed by atoms with Crippen molar-refractivity contribution in [2.45, 2.75) is 45.1 Å². The number of fused-ring (bicyclic) bond motifs is 2. The van der Waals surface area contributed by atoms with Gasteiger partial charge in [0.15, 0.2) is 0 Å². The second-order valence-corrected chi connectivity index (χ2v) is 9.07. The molecule has 0 amide bonds. The number of nitrogens with zero attached hydrogens (tertiary/aromatic N) is 2. The zero-order valence-electron chi connectivity index (χ0n) is 17.6. The number of aromatic nitrogens is 2. The molecule has 160 valence electrons. The number of hydrogen-bond acceptors (Lipinski definition) is 2. The standard InChI is InChI=1S/C26H26F2N2O/c1-26-15-18-16-29-30(21-11-9-20(27)10-12-21)24(18)14-19(26)6-4-7-22(26)25(31)13-17-5-2-3-8-23(17)28/h2-3,5,8-12,14,16,22,25,31H,4,6-7,13,15H2,1H3/t22-,25+,26+/m1/s1. The van der Waals surface area contributed by atoms with Crippen LogP contribution in [-0.2, 0) is 12.8 Å². The van der Waals surface area contributed by atoms with Crippen LogP contribution in [0.1, 0.15) is 43.0 Å². The Morgan fingerprint density at radius 2 is 1.94 bits per heavy atom. The van der Waals surface area contributed by atoms with Gasteiger partial charge in [-0.3, -0.25) is 0 Å². The predicted molar refractivity (Wildman–Crippen MR) is 117 cm³/mol. The van der Waals surface area contributed by atoms with E-state index in [0.717, 1.165) is 42.6 Å². The van der Waals surface area contributed by atoms with Gasteiger partial charge >= 0.3 is 0 Å². The molecule has 1 fully saturated rings. The molecule has 5 heteroatoms. The maximum Gasteiger partial charge on any atom is 0.126 e. The summed E-state index contributed by atoms with van der Waals surface area (Å²) in [5, 5.41) is 15.7. The largest absolute Gasteiger partial charge is 0.392 e. The van der Waals surface area contributed by atoms with E-state index in [1.54, 1.807) is 24.3 Å². The summed E-state index contributed by atoms with van der Waals surface area (Å²) in [6, 6.07) is 13.1. The molecule has 1 N–H and O–H groups in total. The Kier molecular flexibility index (Phi) is 5.01. The van der Waals surface area contributed by atoms with E-state index in [2.05, 4.69) is 18.1 Å². The fourth-order valence-corrected chi connectivity index (χ4v) is 5.52. The van der Waals surface area contributed by atoms with Crippen molar-refractivity contribution in [3.8, 4) is 5.69 Å². The summed E-state index contributed by atoms with van der Waals surface area (Å²) in [6.07, 6.45) is 7.48. The van der Waals surface area contributed by atoms with Crippen molar-refractivity contribution in [1.29, 1.82) is 0 Å². The molecule has 0 unspecified atom stereocenters. The topological polar surface area (TPSA) is 38.0 Å². The minimum atomic E-state index is -0.612. The molecule has 3 atom stereocenters. The van der Waals surface area contributed by atoms with Gasteiger partial charge in [0.2, 0.25) is 0 Å². The number of benzene rings is 2. The van der Waals surface area contributed by atoms with Crippen molar-refractivity contribution in [2.24, 2.45) is 11.3 Å². The summed E-state index contributed by atoms with van der Waals surface area (Å²) < 4.78 is 29.4. The van der Waals surface area contributed by atoms with Gasteiger partial charge in [0.1, 0.15) is 11.6 Å². The van der Waals surface area contributed by atoms with Crippen molar-refractivity contribution < 1.29 is 13.9 Å². The Hall–Kier alpha value is -2.79. The normalized spacial score (nSPS) is 23.6. The van der Waals surface area contributed by atoms with E-state index >= 15 is 0 Å². The fraction of sp³-hybridized carbons (Fsp3) is 0.346. The van der Waals surface area contributed by atoms with Crippen molar-refractivity contribution in [1.82, 2.24) is 9.78 Å². The van der Waals surface area contributed by atoms with Gasteiger partial charge in [-0.25, -0.2) is 13.5 Å². The smallest absolute Gasteiger partial charge is 0.126 e. The number of rotatable bonds is 4. The summed E-state index contributed by atoms with van der Waals surface area (Å²) in [7, 11) is 0. The first-order chi connectivity index (χ1) is 15.0. The van der Waals surface area contributed by atoms with Crippen LogP contribution in [0.2, 0.25) is 0 Å². The second-order valence-electron chi connectivity index (χ2n) is 9.07. The minimum Gasteiger partial charge on any atom is -0.392 e. The lowest BCUT2D eigenvalue weighted by Crippen LogP contribution is -2.44. The molecular formula is C26H26F2N2O. The average molecular weight is 421 g/mol. The predicted octanol–water partition coefficient (Wildman–Crippen LogP) is 5.50. The quantitative estimate of drug-likeness (QED) is 0.605. The van der Waals surface area contributed by atoms with Crippen LogP contribution in [0.3, 0.4) is 0 Å². The lowest BCUT2D eigenvalue weighted by atomic mass is 9.58. The molecule has 1 aromatic heterocycles. The lowest BCUT2D eigenvalue weighted by molar-refractivity contribution is 0.0229. The average Bonchev–Trinajstić information content (AvgIpc) is 3.15. The van der Waals surface area contributed by atoms with Crippen molar-refractivity contribution in [3.05, 3.63) is 88.8 Å². The van der Waals surface area contributed by atoms with Gasteiger partial charge in [0.25, 0.3) is 0 Å². The van der Waals surface area contributed by atoms with Crippen LogP contribution in [0.25, 0.3) is 11.8 Å². The fourth-order valence-electron chi connectivity index (χ4n) is 5.52. The first-order valence-electron chi connectivity index (χ1n) is 10.9. The molecule has 2 aliphatic rings. The first-order valence-corrected chi connectivity index (χ1v) is 10.9. The maximum absolute atomic E-state index is 14.2. The summed E-state index contributed by atoms with van der Waals surface area (Å²) in [4.78, 5) is 0. The molecule has 0 saturated heterocycles. The Balaban J connectivity index is 1.46. The molecule has 0 radical (unpaired) electrons. The number of allylic oxidation sites excluding steroid dienone is 1. The summed E-state index contributed by atoms with van der Waals surface area (Å²) in [5.41, 5.74) is 4.68. The van der Waals surface area contributed by atoms with Gasteiger partial charge in [0.05, 0.1) is 23.7 Å². The van der Waals surface area contributed by atoms with Crippen LogP contribution in [0.4, 0.5) is 8.78 Å². The van der Waals surface area contributed by atoms with Crippen LogP contribution in [-0.4, -0.2) is 21.0 Å². The van der Waals surface area contributed by atoms with Gasteiger partial charge in [0, 0.05) is 6.42 Å². The molecule has 0 bridgehead atoms. The number of aliphatic hydroxyl groups excluding tert-OH is 1. The van der Waals surface area contributed by atoms with Crippen molar-refractivity contribution in [3.63, 3.8) is 0 Å². The van der Waals surface area contributed by atoms with Crippen LogP contribution in [0.5, 0.6) is 0 Å². The Bertz CT molecular complexity index is 1130. The van der Waals surface area contributed by atoms with Gasteiger partial charge < -0.3 is 5.11 Å². The third-order valence-corrected chi connectivity index (χ3v) is 7.19. The van der Waals surface area contributed by atoms with E-state index in [0.29, 0.717) is 12.0 Å².